The van der Waals surface area contributed by atoms with Gasteiger partial charge in [0.2, 0.25) is 0 Å². The second kappa shape index (κ2) is 8.05. The Morgan fingerprint density at radius 3 is 2.80 bits per heavy atom. The molecule has 3 N–H and O–H groups in total. The third-order valence-corrected chi connectivity index (χ3v) is 4.96. The van der Waals surface area contributed by atoms with Crippen molar-refractivity contribution >= 4 is 17.4 Å². The first-order valence-corrected chi connectivity index (χ1v) is 9.28. The summed E-state index contributed by atoms with van der Waals surface area (Å²) < 4.78 is 0. The molecule has 1 aliphatic rings. The number of nitrogen functional groups attached to an aromatic ring is 1. The Balaban J connectivity index is 1.59. The van der Waals surface area contributed by atoms with Gasteiger partial charge in [0.1, 0.15) is 23.8 Å². The molecule has 4 rings (SSSR count). The molecule has 3 heterocycles. The summed E-state index contributed by atoms with van der Waals surface area (Å²) in [6.07, 6.45) is 8.58. The summed E-state index contributed by atoms with van der Waals surface area (Å²) in [5.74, 6) is 2.79. The van der Waals surface area contributed by atoms with E-state index in [4.69, 9.17) is 12.2 Å². The van der Waals surface area contributed by atoms with Crippen LogP contribution >= 0.6 is 0 Å². The maximum atomic E-state index is 12.8. The lowest BCUT2D eigenvalue weighted by Crippen LogP contribution is -2.55. The number of benzene rings is 1. The molecule has 1 fully saturated rings. The number of aromatic nitrogens is 4. The van der Waals surface area contributed by atoms with Crippen LogP contribution in [-0.4, -0.2) is 61.8 Å². The van der Waals surface area contributed by atoms with Gasteiger partial charge in [0.25, 0.3) is 5.91 Å². The molecule has 0 saturated carbocycles. The minimum Gasteiger partial charge on any atom is -0.507 e. The molecule has 0 bridgehead atoms. The topological polar surface area (TPSA) is 121 Å². The lowest BCUT2D eigenvalue weighted by molar-refractivity contribution is 0.0698. The van der Waals surface area contributed by atoms with Gasteiger partial charge in [-0.25, -0.2) is 9.97 Å². The number of nitrogens with zero attached hydrogens (tertiary/aromatic N) is 6. The average molecular weight is 401 g/mol. The van der Waals surface area contributed by atoms with Crippen molar-refractivity contribution in [3.8, 4) is 29.4 Å². The van der Waals surface area contributed by atoms with Crippen LogP contribution in [0.5, 0.6) is 5.75 Å². The fourth-order valence-electron chi connectivity index (χ4n) is 3.42. The van der Waals surface area contributed by atoms with Crippen molar-refractivity contribution in [3.63, 3.8) is 0 Å². The molecule has 1 aliphatic heterocycles. The lowest BCUT2D eigenvalue weighted by Gasteiger charge is -2.40. The van der Waals surface area contributed by atoms with E-state index in [0.717, 1.165) is 0 Å². The normalized spacial score (nSPS) is 16.2. The summed E-state index contributed by atoms with van der Waals surface area (Å²) in [6.45, 7) is 1.28. The van der Waals surface area contributed by atoms with Crippen LogP contribution in [-0.2, 0) is 0 Å². The molecular formula is C21H19N7O2. The zero-order valence-corrected chi connectivity index (χ0v) is 16.0. The van der Waals surface area contributed by atoms with Crippen molar-refractivity contribution in [3.05, 3.63) is 54.6 Å². The van der Waals surface area contributed by atoms with Gasteiger partial charge >= 0.3 is 0 Å². The number of hydrogen-bond acceptors (Lipinski definition) is 8. The van der Waals surface area contributed by atoms with E-state index < -0.39 is 6.04 Å². The van der Waals surface area contributed by atoms with Crippen LogP contribution in [0.4, 0.5) is 11.5 Å². The van der Waals surface area contributed by atoms with Crippen molar-refractivity contribution < 1.29 is 9.90 Å². The second-order valence-electron chi connectivity index (χ2n) is 6.74. The second-order valence-corrected chi connectivity index (χ2v) is 6.74. The van der Waals surface area contributed by atoms with Crippen molar-refractivity contribution in [2.75, 3.05) is 30.3 Å². The number of carbonyl (C=O) groups excluding carboxylic acids is 1. The summed E-state index contributed by atoms with van der Waals surface area (Å²) in [5, 5.41) is 18.3. The first-order chi connectivity index (χ1) is 14.6. The predicted octanol–water partition coefficient (Wildman–Crippen LogP) is 1.19. The number of amides is 1. The van der Waals surface area contributed by atoms with Gasteiger partial charge in [-0.3, -0.25) is 4.79 Å². The number of para-hydroxylation sites is 1. The number of phenols is 1. The van der Waals surface area contributed by atoms with Crippen LogP contribution in [0.1, 0.15) is 10.5 Å². The summed E-state index contributed by atoms with van der Waals surface area (Å²) in [4.78, 5) is 24.3. The number of rotatable bonds is 3. The molecule has 30 heavy (non-hydrogen) atoms. The average Bonchev–Trinajstić information content (AvgIpc) is 2.79. The van der Waals surface area contributed by atoms with Crippen LogP contribution in [0.15, 0.2) is 48.9 Å². The highest BCUT2D eigenvalue weighted by molar-refractivity contribution is 5.93. The Morgan fingerprint density at radius 2 is 2.07 bits per heavy atom. The Labute approximate surface area is 173 Å². The maximum Gasteiger partial charge on any atom is 0.273 e. The molecule has 9 heteroatoms. The molecule has 1 aromatic carbocycles. The summed E-state index contributed by atoms with van der Waals surface area (Å²) in [7, 11) is 0. The zero-order valence-electron chi connectivity index (χ0n) is 16.0. The number of phenolic OH excluding ortho intramolecular Hbond substituents is 1. The molecule has 150 valence electrons. The number of hydrogen-bond donors (Lipinski definition) is 2. The Morgan fingerprint density at radius 1 is 1.23 bits per heavy atom. The number of nitrogens with two attached hydrogens (primary N) is 1. The van der Waals surface area contributed by atoms with E-state index in [2.05, 4.69) is 26.1 Å². The molecule has 0 unspecified atom stereocenters. The van der Waals surface area contributed by atoms with E-state index in [1.54, 1.807) is 41.3 Å². The minimum absolute atomic E-state index is 0.101. The van der Waals surface area contributed by atoms with Crippen LogP contribution in [0, 0.1) is 12.3 Å². The van der Waals surface area contributed by atoms with Gasteiger partial charge in [0.05, 0.1) is 11.4 Å². The fourth-order valence-corrected chi connectivity index (χ4v) is 3.42. The van der Waals surface area contributed by atoms with Gasteiger partial charge in [0, 0.05) is 31.4 Å². The van der Waals surface area contributed by atoms with Crippen molar-refractivity contribution in [1.82, 2.24) is 25.1 Å². The smallest absolute Gasteiger partial charge is 0.273 e. The monoisotopic (exact) mass is 401 g/mol. The van der Waals surface area contributed by atoms with Gasteiger partial charge in [-0.15, -0.1) is 16.6 Å². The largest absolute Gasteiger partial charge is 0.507 e. The molecule has 3 aromatic rings. The van der Waals surface area contributed by atoms with E-state index in [1.165, 1.54) is 12.5 Å². The first-order valence-electron chi connectivity index (χ1n) is 9.28. The lowest BCUT2D eigenvalue weighted by atomic mass is 10.1. The van der Waals surface area contributed by atoms with Gasteiger partial charge in [-0.2, -0.15) is 0 Å². The van der Waals surface area contributed by atoms with Crippen LogP contribution in [0.25, 0.3) is 11.3 Å². The maximum absolute atomic E-state index is 12.8. The van der Waals surface area contributed by atoms with E-state index in [1.807, 2.05) is 4.90 Å². The highest BCUT2D eigenvalue weighted by Crippen LogP contribution is 2.32. The molecular weight excluding hydrogens is 382 g/mol. The zero-order chi connectivity index (χ0) is 21.1. The van der Waals surface area contributed by atoms with Crippen molar-refractivity contribution in [1.29, 1.82) is 0 Å². The molecule has 1 amide bonds. The van der Waals surface area contributed by atoms with Gasteiger partial charge in [-0.1, -0.05) is 18.1 Å². The molecule has 1 atom stereocenters. The molecule has 2 aromatic heterocycles. The molecule has 0 spiro atoms. The third kappa shape index (κ3) is 3.58. The fraction of sp³-hybridized carbons (Fsp3) is 0.190. The first kappa shape index (κ1) is 19.1. The van der Waals surface area contributed by atoms with Crippen molar-refractivity contribution in [2.45, 2.75) is 6.04 Å². The number of anilines is 2. The Bertz CT molecular complexity index is 1110. The van der Waals surface area contributed by atoms with E-state index in [0.29, 0.717) is 42.3 Å². The molecule has 1 saturated heterocycles. The predicted molar refractivity (Wildman–Crippen MR) is 111 cm³/mol. The van der Waals surface area contributed by atoms with Crippen molar-refractivity contribution in [2.24, 2.45) is 0 Å². The molecule has 0 radical (unpaired) electrons. The molecule has 9 nitrogen and oxygen atoms in total. The van der Waals surface area contributed by atoms with Crippen LogP contribution < -0.4 is 10.6 Å². The Kier molecular flexibility index (Phi) is 5.13. The number of carbonyl (C=O) groups is 1. The van der Waals surface area contributed by atoms with Gasteiger partial charge in [-0.05, 0) is 24.3 Å². The van der Waals surface area contributed by atoms with Gasteiger partial charge in [0.15, 0.2) is 5.82 Å². The highest BCUT2D eigenvalue weighted by atomic mass is 16.3. The Hall–Kier alpha value is -4.19. The van der Waals surface area contributed by atoms with E-state index >= 15 is 0 Å². The highest BCUT2D eigenvalue weighted by Gasteiger charge is 2.31. The number of terminal acetylenes is 1. The molecule has 0 aliphatic carbocycles. The number of piperazine rings is 1. The van der Waals surface area contributed by atoms with E-state index in [-0.39, 0.29) is 17.5 Å². The van der Waals surface area contributed by atoms with E-state index in [9.17, 15) is 9.90 Å². The summed E-state index contributed by atoms with van der Waals surface area (Å²) in [5.41, 5.74) is 8.08. The van der Waals surface area contributed by atoms with Gasteiger partial charge < -0.3 is 20.6 Å². The third-order valence-electron chi connectivity index (χ3n) is 4.96. The SMILES string of the molecule is C#C[C@H]1CN(c2cc(-c3ccccc3O)nnc2N)CCN1C(=O)c1ccncn1. The standard InChI is InChI=1S/C21H19N7O2/c1-2-14-12-27(9-10-28(14)21(30)16-7-8-23-13-24-16)18-11-17(25-26-20(18)22)15-5-3-4-6-19(15)29/h1,3-8,11,13-14,29H,9-10,12H2,(H2,22,26)/t14-/m0/s1. The minimum atomic E-state index is -0.470. The van der Waals surface area contributed by atoms with Crippen LogP contribution in [0.2, 0.25) is 0 Å². The summed E-state index contributed by atoms with van der Waals surface area (Å²) in [6, 6.07) is 9.73. The summed E-state index contributed by atoms with van der Waals surface area (Å²) >= 11 is 0. The quantitative estimate of drug-likeness (QED) is 0.628. The van der Waals surface area contributed by atoms with Crippen LogP contribution in [0.3, 0.4) is 0 Å². The number of aromatic hydroxyl groups is 1.